The molecule has 0 N–H and O–H groups in total. The van der Waals surface area contributed by atoms with Crippen LogP contribution in [0.5, 0.6) is 0 Å². The Hall–Kier alpha value is -0.920. The van der Waals surface area contributed by atoms with Crippen molar-refractivity contribution >= 4 is 12.1 Å². The molecule has 66 valence electrons. The second kappa shape index (κ2) is 4.19. The van der Waals surface area contributed by atoms with Gasteiger partial charge < -0.3 is 4.79 Å². The van der Waals surface area contributed by atoms with Gasteiger partial charge in [-0.3, -0.25) is 4.79 Å². The molecule has 1 aliphatic carbocycles. The first-order chi connectivity index (χ1) is 5.74. The lowest BCUT2D eigenvalue weighted by molar-refractivity contribution is -0.117. The maximum atomic E-state index is 10.8. The minimum absolute atomic E-state index is 0.176. The van der Waals surface area contributed by atoms with Crippen molar-refractivity contribution in [1.29, 1.82) is 0 Å². The van der Waals surface area contributed by atoms with Crippen LogP contribution in [-0.4, -0.2) is 12.1 Å². The third-order valence-corrected chi connectivity index (χ3v) is 2.28. The van der Waals surface area contributed by atoms with Gasteiger partial charge in [-0.1, -0.05) is 6.08 Å². The highest BCUT2D eigenvalue weighted by Gasteiger charge is 2.18. The minimum Gasteiger partial charge on any atom is -0.300 e. The zero-order valence-corrected chi connectivity index (χ0v) is 7.38. The molecule has 0 aromatic heterocycles. The number of allylic oxidation sites excluding steroid dienone is 2. The largest absolute Gasteiger partial charge is 0.300 e. The Kier molecular flexibility index (Phi) is 3.20. The quantitative estimate of drug-likeness (QED) is 0.600. The monoisotopic (exact) mass is 166 g/mol. The number of carbonyl (C=O) groups is 2. The summed E-state index contributed by atoms with van der Waals surface area (Å²) in [5.41, 5.74) is 0.830. The number of rotatable bonds is 3. The van der Waals surface area contributed by atoms with Crippen molar-refractivity contribution in [1.82, 2.24) is 0 Å². The van der Waals surface area contributed by atoms with Crippen LogP contribution in [0.3, 0.4) is 0 Å². The maximum absolute atomic E-state index is 10.8. The summed E-state index contributed by atoms with van der Waals surface area (Å²) >= 11 is 0. The molecule has 1 unspecified atom stereocenters. The lowest BCUT2D eigenvalue weighted by Gasteiger charge is -2.19. The van der Waals surface area contributed by atoms with E-state index < -0.39 is 0 Å². The van der Waals surface area contributed by atoms with Gasteiger partial charge in [-0.05, 0) is 37.7 Å². The second-order valence-corrected chi connectivity index (χ2v) is 3.36. The SMILES string of the molecule is CC(=O)CC1CCCC=C1C=O. The van der Waals surface area contributed by atoms with Gasteiger partial charge in [0.05, 0.1) is 0 Å². The Morgan fingerprint density at radius 3 is 3.08 bits per heavy atom. The lowest BCUT2D eigenvalue weighted by Crippen LogP contribution is -2.13. The van der Waals surface area contributed by atoms with Crippen LogP contribution in [0.25, 0.3) is 0 Å². The highest BCUT2D eigenvalue weighted by molar-refractivity contribution is 5.80. The number of carbonyl (C=O) groups excluding carboxylic acids is 2. The molecule has 0 bridgehead atoms. The van der Waals surface area contributed by atoms with Gasteiger partial charge in [0.1, 0.15) is 12.1 Å². The Morgan fingerprint density at radius 1 is 1.75 bits per heavy atom. The summed E-state index contributed by atoms with van der Waals surface area (Å²) in [6.45, 7) is 1.58. The van der Waals surface area contributed by atoms with Crippen LogP contribution in [-0.2, 0) is 9.59 Å². The van der Waals surface area contributed by atoms with Gasteiger partial charge in [-0.25, -0.2) is 0 Å². The highest BCUT2D eigenvalue weighted by Crippen LogP contribution is 2.26. The molecule has 0 aromatic rings. The van der Waals surface area contributed by atoms with E-state index in [1.54, 1.807) is 6.92 Å². The van der Waals surface area contributed by atoms with Crippen molar-refractivity contribution in [2.24, 2.45) is 5.92 Å². The summed E-state index contributed by atoms with van der Waals surface area (Å²) in [6.07, 6.45) is 6.48. The molecule has 0 saturated carbocycles. The number of ketones is 1. The van der Waals surface area contributed by atoms with Crippen LogP contribution in [0.15, 0.2) is 11.6 Å². The molecular formula is C10H14O2. The predicted molar refractivity (Wildman–Crippen MR) is 46.8 cm³/mol. The van der Waals surface area contributed by atoms with Gasteiger partial charge in [0.25, 0.3) is 0 Å². The molecule has 1 aliphatic rings. The number of hydrogen-bond acceptors (Lipinski definition) is 2. The third kappa shape index (κ3) is 2.29. The molecular weight excluding hydrogens is 152 g/mol. The van der Waals surface area contributed by atoms with Crippen LogP contribution >= 0.6 is 0 Å². The smallest absolute Gasteiger partial charge is 0.145 e. The molecule has 0 radical (unpaired) electrons. The Bertz CT molecular complexity index is 216. The van der Waals surface area contributed by atoms with Gasteiger partial charge >= 0.3 is 0 Å². The van der Waals surface area contributed by atoms with Crippen molar-refractivity contribution in [3.8, 4) is 0 Å². The zero-order chi connectivity index (χ0) is 8.97. The van der Waals surface area contributed by atoms with E-state index in [1.807, 2.05) is 6.08 Å². The summed E-state index contributed by atoms with van der Waals surface area (Å²) in [6, 6.07) is 0. The molecule has 0 fully saturated rings. The lowest BCUT2D eigenvalue weighted by atomic mass is 9.85. The van der Waals surface area contributed by atoms with E-state index in [-0.39, 0.29) is 11.7 Å². The van der Waals surface area contributed by atoms with E-state index in [0.29, 0.717) is 6.42 Å². The second-order valence-electron chi connectivity index (χ2n) is 3.36. The first-order valence-corrected chi connectivity index (χ1v) is 4.38. The topological polar surface area (TPSA) is 34.1 Å². The Labute approximate surface area is 72.7 Å². The zero-order valence-electron chi connectivity index (χ0n) is 7.38. The standard InChI is InChI=1S/C10H14O2/c1-8(12)6-9-4-2-3-5-10(9)7-11/h5,7,9H,2-4,6H2,1H3. The molecule has 2 heteroatoms. The van der Waals surface area contributed by atoms with Crippen LogP contribution in [0, 0.1) is 5.92 Å². The number of aldehydes is 1. The van der Waals surface area contributed by atoms with E-state index in [1.165, 1.54) is 0 Å². The van der Waals surface area contributed by atoms with E-state index in [2.05, 4.69) is 0 Å². The summed E-state index contributed by atoms with van der Waals surface area (Å²) in [4.78, 5) is 21.4. The van der Waals surface area contributed by atoms with Gasteiger partial charge in [-0.15, -0.1) is 0 Å². The van der Waals surface area contributed by atoms with Gasteiger partial charge in [0.15, 0.2) is 0 Å². The first kappa shape index (κ1) is 9.17. The summed E-state index contributed by atoms with van der Waals surface area (Å²) < 4.78 is 0. The third-order valence-electron chi connectivity index (χ3n) is 2.28. The summed E-state index contributed by atoms with van der Waals surface area (Å²) in [5, 5.41) is 0. The predicted octanol–water partition coefficient (Wildman–Crippen LogP) is 1.89. The van der Waals surface area contributed by atoms with Crippen LogP contribution in [0.1, 0.15) is 32.6 Å². The fourth-order valence-electron chi connectivity index (χ4n) is 1.68. The molecule has 1 rings (SSSR count). The minimum atomic E-state index is 0.176. The van der Waals surface area contributed by atoms with Crippen molar-refractivity contribution < 1.29 is 9.59 Å². The molecule has 2 nitrogen and oxygen atoms in total. The first-order valence-electron chi connectivity index (χ1n) is 4.38. The Morgan fingerprint density at radius 2 is 2.50 bits per heavy atom. The maximum Gasteiger partial charge on any atom is 0.145 e. The van der Waals surface area contributed by atoms with Crippen molar-refractivity contribution in [2.75, 3.05) is 0 Å². The van der Waals surface area contributed by atoms with E-state index in [4.69, 9.17) is 0 Å². The molecule has 0 saturated heterocycles. The Balaban J connectivity index is 2.61. The molecule has 0 spiro atoms. The molecule has 0 heterocycles. The van der Waals surface area contributed by atoms with E-state index >= 15 is 0 Å². The van der Waals surface area contributed by atoms with Gasteiger partial charge in [-0.2, -0.15) is 0 Å². The van der Waals surface area contributed by atoms with E-state index in [9.17, 15) is 9.59 Å². The fourth-order valence-corrected chi connectivity index (χ4v) is 1.68. The average Bonchev–Trinajstić information content (AvgIpc) is 2.04. The van der Waals surface area contributed by atoms with Crippen LogP contribution in [0.2, 0.25) is 0 Å². The van der Waals surface area contributed by atoms with Crippen LogP contribution in [0.4, 0.5) is 0 Å². The highest BCUT2D eigenvalue weighted by atomic mass is 16.1. The van der Waals surface area contributed by atoms with Gasteiger partial charge in [0.2, 0.25) is 0 Å². The van der Waals surface area contributed by atoms with Crippen molar-refractivity contribution in [2.45, 2.75) is 32.6 Å². The number of hydrogen-bond donors (Lipinski definition) is 0. The fraction of sp³-hybridized carbons (Fsp3) is 0.600. The molecule has 12 heavy (non-hydrogen) atoms. The average molecular weight is 166 g/mol. The summed E-state index contributed by atoms with van der Waals surface area (Å²) in [7, 11) is 0. The van der Waals surface area contributed by atoms with E-state index in [0.717, 1.165) is 31.1 Å². The molecule has 1 atom stereocenters. The number of Topliss-reactive ketones (excluding diaryl/α,β-unsaturated/α-hetero) is 1. The molecule has 0 amide bonds. The normalized spacial score (nSPS) is 23.1. The van der Waals surface area contributed by atoms with Crippen molar-refractivity contribution in [3.05, 3.63) is 11.6 Å². The molecule has 0 aromatic carbocycles. The van der Waals surface area contributed by atoms with Crippen molar-refractivity contribution in [3.63, 3.8) is 0 Å². The van der Waals surface area contributed by atoms with Crippen LogP contribution < -0.4 is 0 Å². The molecule has 0 aliphatic heterocycles. The van der Waals surface area contributed by atoms with Gasteiger partial charge in [0, 0.05) is 6.42 Å². The summed E-state index contributed by atoms with van der Waals surface area (Å²) in [5.74, 6) is 0.378.